The lowest BCUT2D eigenvalue weighted by Crippen LogP contribution is -2.07. The minimum Gasteiger partial charge on any atom is -0.398 e. The van der Waals surface area contributed by atoms with Crippen LogP contribution in [0.4, 0.5) is 11.4 Å². The molecular weight excluding hydrogens is 246 g/mol. The van der Waals surface area contributed by atoms with Crippen LogP contribution in [0.3, 0.4) is 0 Å². The second-order valence-corrected chi connectivity index (χ2v) is 5.94. The number of nitrogens with one attached hydrogen (secondary N) is 1. The van der Waals surface area contributed by atoms with Crippen molar-refractivity contribution in [3.63, 3.8) is 0 Å². The van der Waals surface area contributed by atoms with Gasteiger partial charge in [-0.3, -0.25) is 4.98 Å². The molecule has 0 bridgehead atoms. The molecule has 1 heterocycles. The molecule has 1 fully saturated rings. The first-order valence-corrected chi connectivity index (χ1v) is 7.63. The Morgan fingerprint density at radius 1 is 1.25 bits per heavy atom. The van der Waals surface area contributed by atoms with Crippen molar-refractivity contribution in [2.45, 2.75) is 39.0 Å². The van der Waals surface area contributed by atoms with Gasteiger partial charge in [-0.15, -0.1) is 0 Å². The Kier molecular flexibility index (Phi) is 3.77. The largest absolute Gasteiger partial charge is 0.398 e. The molecule has 3 N–H and O–H groups in total. The molecule has 1 aliphatic carbocycles. The summed E-state index contributed by atoms with van der Waals surface area (Å²) in [6.45, 7) is 3.07. The van der Waals surface area contributed by atoms with Gasteiger partial charge in [-0.2, -0.15) is 0 Å². The maximum Gasteiger partial charge on any atom is 0.0422 e. The number of aromatic nitrogens is 1. The van der Waals surface area contributed by atoms with E-state index in [0.29, 0.717) is 0 Å². The van der Waals surface area contributed by atoms with Crippen LogP contribution >= 0.6 is 0 Å². The summed E-state index contributed by atoms with van der Waals surface area (Å²) in [6, 6.07) is 6.17. The van der Waals surface area contributed by atoms with Crippen molar-refractivity contribution in [2.75, 3.05) is 17.6 Å². The van der Waals surface area contributed by atoms with Crippen LogP contribution in [0.25, 0.3) is 10.8 Å². The molecule has 0 amide bonds. The van der Waals surface area contributed by atoms with E-state index in [-0.39, 0.29) is 0 Å². The fourth-order valence-corrected chi connectivity index (χ4v) is 3.23. The molecule has 2 aromatic rings. The van der Waals surface area contributed by atoms with Gasteiger partial charge in [-0.25, -0.2) is 0 Å². The summed E-state index contributed by atoms with van der Waals surface area (Å²) < 4.78 is 0. The van der Waals surface area contributed by atoms with Crippen LogP contribution < -0.4 is 11.1 Å². The van der Waals surface area contributed by atoms with Gasteiger partial charge >= 0.3 is 0 Å². The Balaban J connectivity index is 1.76. The van der Waals surface area contributed by atoms with Crippen LogP contribution in [0, 0.1) is 12.8 Å². The number of hydrogen-bond acceptors (Lipinski definition) is 3. The van der Waals surface area contributed by atoms with Gasteiger partial charge in [0.15, 0.2) is 0 Å². The molecule has 106 valence electrons. The predicted molar refractivity (Wildman–Crippen MR) is 86.0 cm³/mol. The minimum absolute atomic E-state index is 0.800. The quantitative estimate of drug-likeness (QED) is 0.821. The van der Waals surface area contributed by atoms with E-state index >= 15 is 0 Å². The number of nitrogens with two attached hydrogens (primary N) is 1. The summed E-state index contributed by atoms with van der Waals surface area (Å²) in [5, 5.41) is 5.81. The second kappa shape index (κ2) is 5.70. The van der Waals surface area contributed by atoms with Gasteiger partial charge in [0.1, 0.15) is 0 Å². The molecule has 0 unspecified atom stereocenters. The number of aryl methyl sites for hydroxylation is 1. The van der Waals surface area contributed by atoms with Gasteiger partial charge in [-0.05, 0) is 37.5 Å². The van der Waals surface area contributed by atoms with E-state index in [1.807, 2.05) is 19.2 Å². The first-order chi connectivity index (χ1) is 9.74. The Morgan fingerprint density at radius 2 is 2.05 bits per heavy atom. The standard InChI is InChI=1S/C17H23N3/c1-12-10-14-15(11-20-12)16(18)6-7-17(14)19-9-8-13-4-2-3-5-13/h6-7,10-11,13,19H,2-5,8-9,18H2,1H3. The van der Waals surface area contributed by atoms with E-state index in [1.54, 1.807) is 0 Å². The monoisotopic (exact) mass is 269 g/mol. The third-order valence-electron chi connectivity index (χ3n) is 4.41. The third kappa shape index (κ3) is 2.72. The number of benzene rings is 1. The maximum atomic E-state index is 6.04. The van der Waals surface area contributed by atoms with E-state index in [0.717, 1.165) is 29.2 Å². The smallest absolute Gasteiger partial charge is 0.0422 e. The summed E-state index contributed by atoms with van der Waals surface area (Å²) in [6.07, 6.45) is 8.80. The Hall–Kier alpha value is -1.77. The van der Waals surface area contributed by atoms with Crippen molar-refractivity contribution >= 4 is 22.1 Å². The van der Waals surface area contributed by atoms with Gasteiger partial charge < -0.3 is 11.1 Å². The van der Waals surface area contributed by atoms with Crippen molar-refractivity contribution < 1.29 is 0 Å². The fourth-order valence-electron chi connectivity index (χ4n) is 3.23. The zero-order valence-electron chi connectivity index (χ0n) is 12.2. The molecule has 0 atom stereocenters. The van der Waals surface area contributed by atoms with Crippen LogP contribution in [0.1, 0.15) is 37.8 Å². The van der Waals surface area contributed by atoms with Gasteiger partial charge in [0.05, 0.1) is 0 Å². The highest BCUT2D eigenvalue weighted by atomic mass is 14.9. The minimum atomic E-state index is 0.800. The normalized spacial score (nSPS) is 15.8. The van der Waals surface area contributed by atoms with Crippen molar-refractivity contribution in [1.82, 2.24) is 4.98 Å². The van der Waals surface area contributed by atoms with Crippen LogP contribution in [-0.2, 0) is 0 Å². The van der Waals surface area contributed by atoms with Crippen molar-refractivity contribution in [1.29, 1.82) is 0 Å². The lowest BCUT2D eigenvalue weighted by Gasteiger charge is -2.14. The lowest BCUT2D eigenvalue weighted by molar-refractivity contribution is 0.519. The molecule has 20 heavy (non-hydrogen) atoms. The number of rotatable bonds is 4. The molecule has 0 spiro atoms. The fraction of sp³-hybridized carbons (Fsp3) is 0.471. The molecule has 1 aromatic heterocycles. The number of anilines is 2. The molecule has 1 aromatic carbocycles. The molecule has 0 saturated heterocycles. The average molecular weight is 269 g/mol. The van der Waals surface area contributed by atoms with Crippen LogP contribution in [0.5, 0.6) is 0 Å². The third-order valence-corrected chi connectivity index (χ3v) is 4.41. The lowest BCUT2D eigenvalue weighted by atomic mass is 10.0. The molecule has 3 nitrogen and oxygen atoms in total. The van der Waals surface area contributed by atoms with E-state index in [4.69, 9.17) is 5.73 Å². The van der Waals surface area contributed by atoms with Crippen LogP contribution in [0.15, 0.2) is 24.4 Å². The Labute approximate surface area is 120 Å². The number of nitrogens with zero attached hydrogens (tertiary/aromatic N) is 1. The number of nitrogen functional groups attached to an aromatic ring is 1. The summed E-state index contributed by atoms with van der Waals surface area (Å²) in [7, 11) is 0. The number of pyridine rings is 1. The van der Waals surface area contributed by atoms with Crippen molar-refractivity contribution in [3.05, 3.63) is 30.1 Å². The zero-order chi connectivity index (χ0) is 13.9. The highest BCUT2D eigenvalue weighted by molar-refractivity contribution is 6.00. The van der Waals surface area contributed by atoms with E-state index in [9.17, 15) is 0 Å². The molecule has 1 saturated carbocycles. The predicted octanol–water partition coefficient (Wildman–Crippen LogP) is 4.12. The topological polar surface area (TPSA) is 50.9 Å². The van der Waals surface area contributed by atoms with Crippen LogP contribution in [0.2, 0.25) is 0 Å². The van der Waals surface area contributed by atoms with Crippen LogP contribution in [-0.4, -0.2) is 11.5 Å². The zero-order valence-corrected chi connectivity index (χ0v) is 12.2. The van der Waals surface area contributed by atoms with Gasteiger partial charge in [0.2, 0.25) is 0 Å². The average Bonchev–Trinajstić information content (AvgIpc) is 2.94. The van der Waals surface area contributed by atoms with E-state index < -0.39 is 0 Å². The van der Waals surface area contributed by atoms with Gasteiger partial charge in [0.25, 0.3) is 0 Å². The summed E-state index contributed by atoms with van der Waals surface area (Å²) >= 11 is 0. The number of fused-ring (bicyclic) bond motifs is 1. The summed E-state index contributed by atoms with van der Waals surface area (Å²) in [5.41, 5.74) is 9.04. The SMILES string of the molecule is Cc1cc2c(NCCC3CCCC3)ccc(N)c2cn1. The Morgan fingerprint density at radius 3 is 2.85 bits per heavy atom. The molecular formula is C17H23N3. The maximum absolute atomic E-state index is 6.04. The molecule has 0 aliphatic heterocycles. The van der Waals surface area contributed by atoms with Crippen molar-refractivity contribution in [2.24, 2.45) is 5.92 Å². The molecule has 1 aliphatic rings. The summed E-state index contributed by atoms with van der Waals surface area (Å²) in [4.78, 5) is 4.34. The molecule has 3 rings (SSSR count). The van der Waals surface area contributed by atoms with E-state index in [1.165, 1.54) is 43.2 Å². The highest BCUT2D eigenvalue weighted by Crippen LogP contribution is 2.30. The van der Waals surface area contributed by atoms with Gasteiger partial charge in [0, 0.05) is 40.6 Å². The first-order valence-electron chi connectivity index (χ1n) is 7.63. The second-order valence-electron chi connectivity index (χ2n) is 5.94. The van der Waals surface area contributed by atoms with Gasteiger partial charge in [-0.1, -0.05) is 25.7 Å². The molecule has 3 heteroatoms. The number of hydrogen-bond donors (Lipinski definition) is 2. The Bertz CT molecular complexity index is 600. The molecule has 0 radical (unpaired) electrons. The van der Waals surface area contributed by atoms with E-state index in [2.05, 4.69) is 22.4 Å². The van der Waals surface area contributed by atoms with Crippen molar-refractivity contribution in [3.8, 4) is 0 Å². The first kappa shape index (κ1) is 13.2. The summed E-state index contributed by atoms with van der Waals surface area (Å²) in [5.74, 6) is 0.922. The highest BCUT2D eigenvalue weighted by Gasteiger charge is 2.14.